The van der Waals surface area contributed by atoms with E-state index in [1.165, 1.54) is 12.1 Å². The fourth-order valence-corrected chi connectivity index (χ4v) is 2.06. The Balaban J connectivity index is 2.55. The standard InChI is InChI=1S/C14H17Cl3O3/c1-3-4-5-6-19-14(18)9(2)20-13-8-11(16)10(15)7-12(13)17/h7-9H,3-6H2,1-2H3. The van der Waals surface area contributed by atoms with E-state index in [1.807, 2.05) is 0 Å². The van der Waals surface area contributed by atoms with Crippen molar-refractivity contribution < 1.29 is 14.3 Å². The number of carbonyl (C=O) groups is 1. The molecule has 0 aromatic heterocycles. The second-order valence-electron chi connectivity index (χ2n) is 4.33. The Hall–Kier alpha value is -0.640. The van der Waals surface area contributed by atoms with Gasteiger partial charge in [0.2, 0.25) is 0 Å². The van der Waals surface area contributed by atoms with Crippen molar-refractivity contribution in [1.29, 1.82) is 0 Å². The molecule has 6 heteroatoms. The fraction of sp³-hybridized carbons (Fsp3) is 0.500. The molecular formula is C14H17Cl3O3. The van der Waals surface area contributed by atoms with Crippen molar-refractivity contribution in [1.82, 2.24) is 0 Å². The van der Waals surface area contributed by atoms with Crippen molar-refractivity contribution in [2.75, 3.05) is 6.61 Å². The minimum absolute atomic E-state index is 0.296. The molecule has 0 radical (unpaired) electrons. The number of hydrogen-bond donors (Lipinski definition) is 0. The van der Waals surface area contributed by atoms with Crippen LogP contribution in [0.15, 0.2) is 12.1 Å². The molecule has 1 aromatic rings. The predicted molar refractivity (Wildman–Crippen MR) is 82.0 cm³/mol. The van der Waals surface area contributed by atoms with Gasteiger partial charge in [0.1, 0.15) is 5.75 Å². The smallest absolute Gasteiger partial charge is 0.347 e. The molecule has 0 amide bonds. The SMILES string of the molecule is CCCCCOC(=O)C(C)Oc1cc(Cl)c(Cl)cc1Cl. The first-order valence-electron chi connectivity index (χ1n) is 6.43. The topological polar surface area (TPSA) is 35.5 Å². The highest BCUT2D eigenvalue weighted by Gasteiger charge is 2.18. The molecule has 20 heavy (non-hydrogen) atoms. The van der Waals surface area contributed by atoms with Gasteiger partial charge < -0.3 is 9.47 Å². The van der Waals surface area contributed by atoms with Gasteiger partial charge in [-0.2, -0.15) is 0 Å². The zero-order valence-electron chi connectivity index (χ0n) is 11.4. The van der Waals surface area contributed by atoms with E-state index >= 15 is 0 Å². The number of halogens is 3. The minimum Gasteiger partial charge on any atom is -0.477 e. The van der Waals surface area contributed by atoms with Crippen LogP contribution in [0.3, 0.4) is 0 Å². The van der Waals surface area contributed by atoms with Gasteiger partial charge in [0.15, 0.2) is 6.10 Å². The van der Waals surface area contributed by atoms with Gasteiger partial charge in [0.25, 0.3) is 0 Å². The van der Waals surface area contributed by atoms with Gasteiger partial charge in [-0.1, -0.05) is 54.6 Å². The highest BCUT2D eigenvalue weighted by molar-refractivity contribution is 6.43. The third-order valence-electron chi connectivity index (χ3n) is 2.60. The number of benzene rings is 1. The van der Waals surface area contributed by atoms with Crippen molar-refractivity contribution in [3.63, 3.8) is 0 Å². The van der Waals surface area contributed by atoms with Crippen molar-refractivity contribution in [3.05, 3.63) is 27.2 Å². The van der Waals surface area contributed by atoms with Crippen LogP contribution >= 0.6 is 34.8 Å². The summed E-state index contributed by atoms with van der Waals surface area (Å²) in [4.78, 5) is 11.7. The van der Waals surface area contributed by atoms with E-state index in [2.05, 4.69) is 6.92 Å². The van der Waals surface area contributed by atoms with Gasteiger partial charge in [-0.05, 0) is 19.4 Å². The quantitative estimate of drug-likeness (QED) is 0.391. The summed E-state index contributed by atoms with van der Waals surface area (Å²) in [5.74, 6) is -0.123. The molecule has 0 saturated carbocycles. The number of hydrogen-bond acceptors (Lipinski definition) is 3. The van der Waals surface area contributed by atoms with E-state index in [1.54, 1.807) is 6.92 Å². The maximum Gasteiger partial charge on any atom is 0.347 e. The lowest BCUT2D eigenvalue weighted by atomic mass is 10.3. The Morgan fingerprint density at radius 3 is 2.45 bits per heavy atom. The van der Waals surface area contributed by atoms with Gasteiger partial charge in [-0.3, -0.25) is 0 Å². The molecule has 0 fully saturated rings. The highest BCUT2D eigenvalue weighted by Crippen LogP contribution is 2.34. The van der Waals surface area contributed by atoms with Crippen LogP contribution in [0.25, 0.3) is 0 Å². The summed E-state index contributed by atoms with van der Waals surface area (Å²) in [5, 5.41) is 0.943. The van der Waals surface area contributed by atoms with Gasteiger partial charge in [-0.15, -0.1) is 0 Å². The molecule has 1 aromatic carbocycles. The molecule has 0 aliphatic heterocycles. The Morgan fingerprint density at radius 2 is 1.80 bits per heavy atom. The molecule has 0 bridgehead atoms. The molecule has 0 aliphatic carbocycles. The van der Waals surface area contributed by atoms with E-state index < -0.39 is 12.1 Å². The van der Waals surface area contributed by atoms with Gasteiger partial charge in [-0.25, -0.2) is 4.79 Å². The molecule has 1 unspecified atom stereocenters. The Morgan fingerprint density at radius 1 is 1.15 bits per heavy atom. The normalized spacial score (nSPS) is 12.1. The second-order valence-corrected chi connectivity index (χ2v) is 5.55. The van der Waals surface area contributed by atoms with Crippen LogP contribution < -0.4 is 4.74 Å². The third kappa shape index (κ3) is 5.39. The molecule has 0 N–H and O–H groups in total. The van der Waals surface area contributed by atoms with E-state index in [-0.39, 0.29) is 0 Å². The zero-order chi connectivity index (χ0) is 15.1. The number of unbranched alkanes of at least 4 members (excludes halogenated alkanes) is 2. The van der Waals surface area contributed by atoms with E-state index in [4.69, 9.17) is 44.3 Å². The van der Waals surface area contributed by atoms with Crippen LogP contribution in [0.1, 0.15) is 33.1 Å². The van der Waals surface area contributed by atoms with Gasteiger partial charge >= 0.3 is 5.97 Å². The molecular weight excluding hydrogens is 323 g/mol. The van der Waals surface area contributed by atoms with Crippen LogP contribution in [-0.4, -0.2) is 18.7 Å². The summed E-state index contributed by atoms with van der Waals surface area (Å²) in [7, 11) is 0. The monoisotopic (exact) mass is 338 g/mol. The summed E-state index contributed by atoms with van der Waals surface area (Å²) < 4.78 is 10.6. The van der Waals surface area contributed by atoms with Gasteiger partial charge in [0.05, 0.1) is 21.7 Å². The Bertz CT molecular complexity index is 463. The van der Waals surface area contributed by atoms with Crippen molar-refractivity contribution in [3.8, 4) is 5.75 Å². The van der Waals surface area contributed by atoms with E-state index in [0.29, 0.717) is 27.4 Å². The highest BCUT2D eigenvalue weighted by atomic mass is 35.5. The number of ether oxygens (including phenoxy) is 2. The summed E-state index contributed by atoms with van der Waals surface area (Å²) in [5.41, 5.74) is 0. The molecule has 112 valence electrons. The average molecular weight is 340 g/mol. The second kappa shape index (κ2) is 8.60. The minimum atomic E-state index is -0.758. The lowest BCUT2D eigenvalue weighted by Gasteiger charge is -2.15. The van der Waals surface area contributed by atoms with Crippen LogP contribution in [-0.2, 0) is 9.53 Å². The molecule has 0 aliphatic rings. The molecule has 1 atom stereocenters. The Kier molecular flexibility index (Phi) is 7.49. The van der Waals surface area contributed by atoms with E-state index in [9.17, 15) is 4.79 Å². The largest absolute Gasteiger partial charge is 0.477 e. The summed E-state index contributed by atoms with van der Waals surface area (Å²) in [6, 6.07) is 2.95. The number of carbonyl (C=O) groups excluding carboxylic acids is 1. The van der Waals surface area contributed by atoms with Crippen LogP contribution in [0.5, 0.6) is 5.75 Å². The van der Waals surface area contributed by atoms with E-state index in [0.717, 1.165) is 19.3 Å². The van der Waals surface area contributed by atoms with Gasteiger partial charge in [0, 0.05) is 6.07 Å². The first-order chi connectivity index (χ1) is 9.45. The zero-order valence-corrected chi connectivity index (χ0v) is 13.7. The molecule has 0 saturated heterocycles. The maximum absolute atomic E-state index is 11.7. The third-order valence-corrected chi connectivity index (χ3v) is 3.62. The predicted octanol–water partition coefficient (Wildman–Crippen LogP) is 5.15. The first kappa shape index (κ1) is 17.4. The fourth-order valence-electron chi connectivity index (χ4n) is 1.48. The summed E-state index contributed by atoms with van der Waals surface area (Å²) >= 11 is 17.7. The van der Waals surface area contributed by atoms with Crippen LogP contribution in [0.4, 0.5) is 0 Å². The van der Waals surface area contributed by atoms with Crippen molar-refractivity contribution in [2.24, 2.45) is 0 Å². The van der Waals surface area contributed by atoms with Crippen molar-refractivity contribution >= 4 is 40.8 Å². The van der Waals surface area contributed by atoms with Crippen molar-refractivity contribution in [2.45, 2.75) is 39.2 Å². The summed E-state index contributed by atoms with van der Waals surface area (Å²) in [6.07, 6.45) is 2.19. The van der Waals surface area contributed by atoms with Crippen LogP contribution in [0.2, 0.25) is 15.1 Å². The molecule has 0 spiro atoms. The molecule has 1 rings (SSSR count). The van der Waals surface area contributed by atoms with Crippen LogP contribution in [0, 0.1) is 0 Å². The Labute approximate surface area is 134 Å². The number of rotatable bonds is 7. The lowest BCUT2D eigenvalue weighted by molar-refractivity contribution is -0.151. The maximum atomic E-state index is 11.7. The number of esters is 1. The lowest BCUT2D eigenvalue weighted by Crippen LogP contribution is -2.26. The summed E-state index contributed by atoms with van der Waals surface area (Å²) in [6.45, 7) is 4.08. The first-order valence-corrected chi connectivity index (χ1v) is 7.57. The average Bonchev–Trinajstić information content (AvgIpc) is 2.40. The molecule has 3 nitrogen and oxygen atoms in total. The molecule has 0 heterocycles.